The van der Waals surface area contributed by atoms with Crippen molar-refractivity contribution >= 4 is 6.09 Å². The monoisotopic (exact) mass is 231 g/mol. The number of aliphatic hydroxyl groups excluding tert-OH is 1. The number of rotatable bonds is 2. The number of alkyl carbamates (subject to hydrolysis) is 1. The minimum atomic E-state index is -1.05. The van der Waals surface area contributed by atoms with Crippen LogP contribution in [0.1, 0.15) is 40.5 Å². The summed E-state index contributed by atoms with van der Waals surface area (Å²) in [4.78, 5) is 11.5. The van der Waals surface area contributed by atoms with E-state index in [2.05, 4.69) is 5.32 Å². The van der Waals surface area contributed by atoms with Gasteiger partial charge in [-0.15, -0.1) is 0 Å². The summed E-state index contributed by atoms with van der Waals surface area (Å²) in [6.45, 7) is 6.92. The van der Waals surface area contributed by atoms with Gasteiger partial charge in [0.05, 0.1) is 12.2 Å². The van der Waals surface area contributed by atoms with E-state index in [9.17, 15) is 9.90 Å². The molecule has 0 aromatic rings. The summed E-state index contributed by atoms with van der Waals surface area (Å²) in [6, 6.07) is 0. The molecular formula is C11H21NO4. The molecule has 0 radical (unpaired) electrons. The van der Waals surface area contributed by atoms with Crippen LogP contribution in [0.15, 0.2) is 0 Å². The molecule has 0 atom stereocenters. The van der Waals surface area contributed by atoms with Crippen molar-refractivity contribution in [3.05, 3.63) is 0 Å². The maximum Gasteiger partial charge on any atom is 0.408 e. The minimum absolute atomic E-state index is 0.279. The van der Waals surface area contributed by atoms with Gasteiger partial charge >= 0.3 is 6.09 Å². The summed E-state index contributed by atoms with van der Waals surface area (Å²) in [5.74, 6) is 0. The van der Waals surface area contributed by atoms with Crippen LogP contribution in [0.3, 0.4) is 0 Å². The van der Waals surface area contributed by atoms with Crippen molar-refractivity contribution in [2.24, 2.45) is 0 Å². The molecule has 0 bridgehead atoms. The second-order valence-corrected chi connectivity index (χ2v) is 5.92. The van der Waals surface area contributed by atoms with Gasteiger partial charge in [-0.1, -0.05) is 0 Å². The van der Waals surface area contributed by atoms with Gasteiger partial charge in [-0.05, 0) is 27.7 Å². The minimum Gasteiger partial charge on any atom is -0.444 e. The number of amides is 1. The van der Waals surface area contributed by atoms with Crippen LogP contribution in [0.2, 0.25) is 0 Å². The molecule has 0 spiro atoms. The van der Waals surface area contributed by atoms with E-state index >= 15 is 0 Å². The normalized spacial score (nSPS) is 34.1. The zero-order valence-electron chi connectivity index (χ0n) is 10.3. The number of hydrogen-bond acceptors (Lipinski definition) is 4. The SMILES string of the molecule is CC1(NC(=O)OC(C)(C)C)CC(O)(CO)C1. The molecule has 1 aliphatic carbocycles. The third kappa shape index (κ3) is 3.35. The first-order chi connectivity index (χ1) is 7.08. The Balaban J connectivity index is 2.42. The largest absolute Gasteiger partial charge is 0.444 e. The van der Waals surface area contributed by atoms with E-state index in [0.29, 0.717) is 12.8 Å². The molecule has 1 fully saturated rings. The van der Waals surface area contributed by atoms with Crippen LogP contribution in [-0.4, -0.2) is 39.7 Å². The highest BCUT2D eigenvalue weighted by Gasteiger charge is 2.51. The van der Waals surface area contributed by atoms with E-state index in [4.69, 9.17) is 9.84 Å². The molecule has 0 unspecified atom stereocenters. The third-order valence-corrected chi connectivity index (χ3v) is 2.54. The summed E-state index contributed by atoms with van der Waals surface area (Å²) < 4.78 is 5.12. The first-order valence-corrected chi connectivity index (χ1v) is 5.42. The van der Waals surface area contributed by atoms with Crippen molar-refractivity contribution in [1.82, 2.24) is 5.32 Å². The zero-order chi connectivity index (χ0) is 12.6. The van der Waals surface area contributed by atoms with Crippen LogP contribution < -0.4 is 5.32 Å². The van der Waals surface area contributed by atoms with E-state index in [1.807, 2.05) is 6.92 Å². The van der Waals surface area contributed by atoms with Gasteiger partial charge in [-0.2, -0.15) is 0 Å². The molecule has 16 heavy (non-hydrogen) atoms. The maximum atomic E-state index is 11.5. The van der Waals surface area contributed by atoms with E-state index < -0.39 is 22.8 Å². The smallest absolute Gasteiger partial charge is 0.408 e. The highest BCUT2D eigenvalue weighted by atomic mass is 16.6. The summed E-state index contributed by atoms with van der Waals surface area (Å²) in [5.41, 5.74) is -2.07. The predicted octanol–water partition coefficient (Wildman–Crippen LogP) is 0.787. The summed E-state index contributed by atoms with van der Waals surface area (Å²) >= 11 is 0. The van der Waals surface area contributed by atoms with E-state index in [0.717, 1.165) is 0 Å². The Morgan fingerprint density at radius 1 is 1.44 bits per heavy atom. The average molecular weight is 231 g/mol. The highest BCUT2D eigenvalue weighted by molar-refractivity contribution is 5.69. The first-order valence-electron chi connectivity index (χ1n) is 5.42. The van der Waals surface area contributed by atoms with Crippen LogP contribution in [0.5, 0.6) is 0 Å². The number of carbonyl (C=O) groups excluding carboxylic acids is 1. The van der Waals surface area contributed by atoms with E-state index in [1.54, 1.807) is 20.8 Å². The lowest BCUT2D eigenvalue weighted by Crippen LogP contribution is -2.65. The van der Waals surface area contributed by atoms with Gasteiger partial charge in [0.1, 0.15) is 5.60 Å². The molecule has 5 heteroatoms. The lowest BCUT2D eigenvalue weighted by atomic mass is 9.66. The van der Waals surface area contributed by atoms with Gasteiger partial charge in [0.25, 0.3) is 0 Å². The molecule has 0 heterocycles. The quantitative estimate of drug-likeness (QED) is 0.656. The van der Waals surface area contributed by atoms with Crippen LogP contribution >= 0.6 is 0 Å². The standard InChI is InChI=1S/C11H21NO4/c1-9(2,3)16-8(14)12-10(4)5-11(15,6-10)7-13/h13,15H,5-7H2,1-4H3,(H,12,14). The number of ether oxygens (including phenoxy) is 1. The summed E-state index contributed by atoms with van der Waals surface area (Å²) in [6.07, 6.45) is 0.195. The Labute approximate surface area is 95.8 Å². The van der Waals surface area contributed by atoms with Crippen molar-refractivity contribution in [2.45, 2.75) is 57.3 Å². The summed E-state index contributed by atoms with van der Waals surface area (Å²) in [7, 11) is 0. The predicted molar refractivity (Wildman–Crippen MR) is 59.0 cm³/mol. The second-order valence-electron chi connectivity index (χ2n) is 5.92. The second kappa shape index (κ2) is 3.89. The Hall–Kier alpha value is -0.810. The Morgan fingerprint density at radius 3 is 2.31 bits per heavy atom. The molecular weight excluding hydrogens is 210 g/mol. The van der Waals surface area contributed by atoms with Crippen LogP contribution in [0.25, 0.3) is 0 Å². The van der Waals surface area contributed by atoms with Crippen molar-refractivity contribution in [1.29, 1.82) is 0 Å². The molecule has 0 aromatic carbocycles. The number of carbonyl (C=O) groups is 1. The topological polar surface area (TPSA) is 78.8 Å². The molecule has 0 aromatic heterocycles. The van der Waals surface area contributed by atoms with Gasteiger partial charge in [-0.3, -0.25) is 0 Å². The molecule has 1 aliphatic rings. The highest BCUT2D eigenvalue weighted by Crippen LogP contribution is 2.40. The van der Waals surface area contributed by atoms with Gasteiger partial charge in [0.15, 0.2) is 0 Å². The summed E-state index contributed by atoms with van der Waals surface area (Å²) in [5, 5.41) is 21.3. The fourth-order valence-corrected chi connectivity index (χ4v) is 2.15. The van der Waals surface area contributed by atoms with Crippen LogP contribution in [0, 0.1) is 0 Å². The fraction of sp³-hybridized carbons (Fsp3) is 0.909. The lowest BCUT2D eigenvalue weighted by molar-refractivity contribution is -0.122. The zero-order valence-corrected chi connectivity index (χ0v) is 10.3. The van der Waals surface area contributed by atoms with Crippen LogP contribution in [-0.2, 0) is 4.74 Å². The first kappa shape index (κ1) is 13.3. The number of nitrogens with one attached hydrogen (secondary N) is 1. The van der Waals surface area contributed by atoms with Crippen molar-refractivity contribution in [3.63, 3.8) is 0 Å². The van der Waals surface area contributed by atoms with Crippen LogP contribution in [0.4, 0.5) is 4.79 Å². The lowest BCUT2D eigenvalue weighted by Gasteiger charge is -2.50. The average Bonchev–Trinajstić information content (AvgIpc) is 1.96. The van der Waals surface area contributed by atoms with Crippen molar-refractivity contribution in [2.75, 3.05) is 6.61 Å². The third-order valence-electron chi connectivity index (χ3n) is 2.54. The van der Waals surface area contributed by atoms with Gasteiger partial charge in [-0.25, -0.2) is 4.79 Å². The Kier molecular flexibility index (Phi) is 3.22. The molecule has 0 aliphatic heterocycles. The number of aliphatic hydroxyl groups is 2. The van der Waals surface area contributed by atoms with Crippen molar-refractivity contribution in [3.8, 4) is 0 Å². The van der Waals surface area contributed by atoms with Crippen molar-refractivity contribution < 1.29 is 19.7 Å². The molecule has 5 nitrogen and oxygen atoms in total. The van der Waals surface area contributed by atoms with Gasteiger partial charge in [0.2, 0.25) is 0 Å². The molecule has 1 amide bonds. The Morgan fingerprint density at radius 2 is 1.94 bits per heavy atom. The maximum absolute atomic E-state index is 11.5. The molecule has 0 saturated heterocycles. The molecule has 1 rings (SSSR count). The fourth-order valence-electron chi connectivity index (χ4n) is 2.15. The molecule has 1 saturated carbocycles. The molecule has 3 N–H and O–H groups in total. The van der Waals surface area contributed by atoms with Gasteiger partial charge in [0, 0.05) is 18.4 Å². The molecule has 94 valence electrons. The van der Waals surface area contributed by atoms with Gasteiger partial charge < -0.3 is 20.3 Å². The Bertz CT molecular complexity index is 276. The van der Waals surface area contributed by atoms with E-state index in [1.165, 1.54) is 0 Å². The van der Waals surface area contributed by atoms with E-state index in [-0.39, 0.29) is 6.61 Å². The number of hydrogen-bond donors (Lipinski definition) is 3.